The van der Waals surface area contributed by atoms with Crippen molar-refractivity contribution < 1.29 is 14.3 Å². The fourth-order valence-corrected chi connectivity index (χ4v) is 2.25. The number of H-pyrrole nitrogens is 1. The molecule has 0 unspecified atom stereocenters. The fourth-order valence-electron chi connectivity index (χ4n) is 2.25. The van der Waals surface area contributed by atoms with E-state index in [9.17, 15) is 14.9 Å². The third-order valence-corrected chi connectivity index (χ3v) is 3.35. The molecule has 0 aliphatic rings. The molecular weight excluding hydrogens is 308 g/mol. The number of hydrogen-bond acceptors (Lipinski definition) is 5. The normalized spacial score (nSPS) is 10.1. The van der Waals surface area contributed by atoms with Crippen LogP contribution in [0.1, 0.15) is 31.5 Å². The van der Waals surface area contributed by atoms with Crippen molar-refractivity contribution in [3.05, 3.63) is 45.9 Å². The first-order valence-corrected chi connectivity index (χ1v) is 7.62. The summed E-state index contributed by atoms with van der Waals surface area (Å²) in [5.74, 6) is 0.333. The van der Waals surface area contributed by atoms with Crippen molar-refractivity contribution in [2.24, 2.45) is 0 Å². The molecule has 0 aliphatic heterocycles. The zero-order valence-corrected chi connectivity index (χ0v) is 13.8. The highest BCUT2D eigenvalue weighted by molar-refractivity contribution is 5.76. The number of benzene rings is 1. The third kappa shape index (κ3) is 3.63. The molecule has 24 heavy (non-hydrogen) atoms. The van der Waals surface area contributed by atoms with Crippen molar-refractivity contribution in [3.8, 4) is 28.7 Å². The molecule has 0 spiro atoms. The topological polar surface area (TPSA) is 92.2 Å². The van der Waals surface area contributed by atoms with Gasteiger partial charge in [-0.15, -0.1) is 0 Å². The molecule has 2 rings (SSSR count). The van der Waals surface area contributed by atoms with Crippen LogP contribution < -0.4 is 15.0 Å². The molecule has 6 heteroatoms. The first kappa shape index (κ1) is 17.3. The van der Waals surface area contributed by atoms with Crippen molar-refractivity contribution >= 4 is 5.97 Å². The van der Waals surface area contributed by atoms with E-state index in [-0.39, 0.29) is 18.0 Å². The summed E-state index contributed by atoms with van der Waals surface area (Å²) < 4.78 is 10.8. The first-order chi connectivity index (χ1) is 11.5. The van der Waals surface area contributed by atoms with Gasteiger partial charge < -0.3 is 14.5 Å². The average Bonchev–Trinajstić information content (AvgIpc) is 2.55. The standard InChI is InChI=1S/C18H18N2O4/c1-4-17(21)24-15-7-6-12(9-16(15)23-5-2)13-8-11(3)20-18(22)14(13)10-19/h6-9H,4-5H2,1-3H3,(H,20,22). The van der Waals surface area contributed by atoms with Crippen molar-refractivity contribution in [2.45, 2.75) is 27.2 Å². The number of carbonyl (C=O) groups is 1. The zero-order chi connectivity index (χ0) is 17.7. The second-order valence-corrected chi connectivity index (χ2v) is 5.10. The number of rotatable bonds is 5. The summed E-state index contributed by atoms with van der Waals surface area (Å²) in [5.41, 5.74) is 1.38. The Morgan fingerprint density at radius 1 is 1.25 bits per heavy atom. The van der Waals surface area contributed by atoms with E-state index < -0.39 is 5.56 Å². The molecule has 0 atom stereocenters. The lowest BCUT2D eigenvalue weighted by Gasteiger charge is -2.13. The van der Waals surface area contributed by atoms with E-state index in [2.05, 4.69) is 4.98 Å². The Hall–Kier alpha value is -3.07. The maximum absolute atomic E-state index is 11.9. The molecule has 124 valence electrons. The second kappa shape index (κ2) is 7.47. The number of aromatic nitrogens is 1. The Balaban J connectivity index is 2.57. The van der Waals surface area contributed by atoms with Crippen LogP contribution in [-0.2, 0) is 4.79 Å². The summed E-state index contributed by atoms with van der Waals surface area (Å²) in [6.45, 7) is 5.65. The number of pyridine rings is 1. The number of aromatic amines is 1. The van der Waals surface area contributed by atoms with Crippen LogP contribution in [0.3, 0.4) is 0 Å². The molecule has 2 aromatic rings. The summed E-state index contributed by atoms with van der Waals surface area (Å²) in [6, 6.07) is 8.61. The van der Waals surface area contributed by atoms with Crippen LogP contribution in [0, 0.1) is 18.3 Å². The lowest BCUT2D eigenvalue weighted by Crippen LogP contribution is -2.13. The summed E-state index contributed by atoms with van der Waals surface area (Å²) in [6.07, 6.45) is 0.249. The number of aryl methyl sites for hydroxylation is 1. The molecule has 1 aromatic heterocycles. The SMILES string of the molecule is CCOc1cc(-c2cc(C)[nH]c(=O)c2C#N)ccc1OC(=O)CC. The Labute approximate surface area is 139 Å². The van der Waals surface area contributed by atoms with Crippen molar-refractivity contribution in [3.63, 3.8) is 0 Å². The molecular formula is C18H18N2O4. The van der Waals surface area contributed by atoms with E-state index in [1.165, 1.54) is 0 Å². The maximum atomic E-state index is 11.9. The van der Waals surface area contributed by atoms with Gasteiger partial charge in [0, 0.05) is 17.7 Å². The molecule has 1 N–H and O–H groups in total. The molecule has 0 bridgehead atoms. The zero-order valence-electron chi connectivity index (χ0n) is 13.8. The Kier molecular flexibility index (Phi) is 5.38. The molecule has 1 heterocycles. The number of esters is 1. The molecule has 0 saturated heterocycles. The highest BCUT2D eigenvalue weighted by Gasteiger charge is 2.15. The summed E-state index contributed by atoms with van der Waals surface area (Å²) >= 11 is 0. The van der Waals surface area contributed by atoms with E-state index in [1.807, 2.05) is 13.0 Å². The van der Waals surface area contributed by atoms with Crippen LogP contribution in [0.2, 0.25) is 0 Å². The lowest BCUT2D eigenvalue weighted by atomic mass is 10.0. The van der Waals surface area contributed by atoms with Crippen molar-refractivity contribution in [1.29, 1.82) is 5.26 Å². The van der Waals surface area contributed by atoms with Crippen LogP contribution in [-0.4, -0.2) is 17.6 Å². The number of nitrogens with zero attached hydrogens (tertiary/aromatic N) is 1. The number of hydrogen-bond donors (Lipinski definition) is 1. The van der Waals surface area contributed by atoms with E-state index in [1.54, 1.807) is 38.1 Å². The minimum Gasteiger partial charge on any atom is -0.490 e. The number of nitriles is 1. The fraction of sp³-hybridized carbons (Fsp3) is 0.278. The van der Waals surface area contributed by atoms with Gasteiger partial charge >= 0.3 is 5.97 Å². The van der Waals surface area contributed by atoms with E-state index in [4.69, 9.17) is 9.47 Å². The Bertz CT molecular complexity index is 862. The van der Waals surface area contributed by atoms with Gasteiger partial charge in [0.15, 0.2) is 11.5 Å². The minimum absolute atomic E-state index is 0.0290. The highest BCUT2D eigenvalue weighted by atomic mass is 16.6. The van der Waals surface area contributed by atoms with Gasteiger partial charge in [0.05, 0.1) is 6.61 Å². The van der Waals surface area contributed by atoms with E-state index in [0.29, 0.717) is 34.9 Å². The smallest absolute Gasteiger partial charge is 0.311 e. The molecule has 0 saturated carbocycles. The highest BCUT2D eigenvalue weighted by Crippen LogP contribution is 2.34. The van der Waals surface area contributed by atoms with Crippen LogP contribution >= 0.6 is 0 Å². The van der Waals surface area contributed by atoms with Crippen LogP contribution in [0.5, 0.6) is 11.5 Å². The first-order valence-electron chi connectivity index (χ1n) is 7.62. The van der Waals surface area contributed by atoms with Gasteiger partial charge in [-0.3, -0.25) is 9.59 Å². The van der Waals surface area contributed by atoms with Gasteiger partial charge in [-0.05, 0) is 37.6 Å². The predicted octanol–water partition coefficient (Wildman–Crippen LogP) is 2.94. The molecule has 0 fully saturated rings. The van der Waals surface area contributed by atoms with Crippen molar-refractivity contribution in [1.82, 2.24) is 4.98 Å². The van der Waals surface area contributed by atoms with Gasteiger partial charge in [-0.25, -0.2) is 0 Å². The molecule has 6 nitrogen and oxygen atoms in total. The van der Waals surface area contributed by atoms with Gasteiger partial charge in [0.25, 0.3) is 5.56 Å². The Morgan fingerprint density at radius 2 is 2.00 bits per heavy atom. The Morgan fingerprint density at radius 3 is 2.62 bits per heavy atom. The quantitative estimate of drug-likeness (QED) is 0.673. The molecule has 0 radical (unpaired) electrons. The second-order valence-electron chi connectivity index (χ2n) is 5.10. The number of ether oxygens (including phenoxy) is 2. The average molecular weight is 326 g/mol. The van der Waals surface area contributed by atoms with Crippen LogP contribution in [0.25, 0.3) is 11.1 Å². The summed E-state index contributed by atoms with van der Waals surface area (Å²) in [4.78, 5) is 26.1. The van der Waals surface area contributed by atoms with E-state index >= 15 is 0 Å². The van der Waals surface area contributed by atoms with Gasteiger partial charge in [0.1, 0.15) is 11.6 Å². The largest absolute Gasteiger partial charge is 0.490 e. The monoisotopic (exact) mass is 326 g/mol. The molecule has 0 aliphatic carbocycles. The van der Waals surface area contributed by atoms with Gasteiger partial charge in [-0.2, -0.15) is 5.26 Å². The maximum Gasteiger partial charge on any atom is 0.311 e. The molecule has 0 amide bonds. The van der Waals surface area contributed by atoms with Crippen LogP contribution in [0.4, 0.5) is 0 Å². The van der Waals surface area contributed by atoms with Crippen LogP contribution in [0.15, 0.2) is 29.1 Å². The van der Waals surface area contributed by atoms with Gasteiger partial charge in [-0.1, -0.05) is 13.0 Å². The number of nitrogens with one attached hydrogen (secondary N) is 1. The van der Waals surface area contributed by atoms with Gasteiger partial charge in [0.2, 0.25) is 0 Å². The van der Waals surface area contributed by atoms with Crippen molar-refractivity contribution in [2.75, 3.05) is 6.61 Å². The third-order valence-electron chi connectivity index (χ3n) is 3.35. The molecule has 1 aromatic carbocycles. The predicted molar refractivity (Wildman–Crippen MR) is 89.0 cm³/mol. The lowest BCUT2D eigenvalue weighted by molar-refractivity contribution is -0.134. The number of carbonyl (C=O) groups excluding carboxylic acids is 1. The summed E-state index contributed by atoms with van der Waals surface area (Å²) in [7, 11) is 0. The minimum atomic E-state index is -0.438. The van der Waals surface area contributed by atoms with E-state index in [0.717, 1.165) is 0 Å². The summed E-state index contributed by atoms with van der Waals surface area (Å²) in [5, 5.41) is 9.26.